The molecule has 2 N–H and O–H groups in total. The van der Waals surface area contributed by atoms with Crippen LogP contribution in [0.1, 0.15) is 0 Å². The molecule has 0 saturated heterocycles. The number of benzene rings is 1. The number of halogens is 2. The van der Waals surface area contributed by atoms with Crippen LogP contribution in [-0.2, 0) is 6.54 Å². The van der Waals surface area contributed by atoms with Gasteiger partial charge >= 0.3 is 0 Å². The Kier molecular flexibility index (Phi) is 5.02. The Morgan fingerprint density at radius 1 is 1.50 bits per heavy atom. The van der Waals surface area contributed by atoms with Gasteiger partial charge in [-0.2, -0.15) is 5.10 Å². The predicted octanol–water partition coefficient (Wildman–Crippen LogP) is 2.72. The maximum Gasteiger partial charge on any atom is 0.0907 e. The first-order chi connectivity index (χ1) is 8.65. The lowest BCUT2D eigenvalue weighted by Crippen LogP contribution is -2.25. The SMILES string of the molecule is OC(CNc1cc(I)ccc1Br)Cn1cccn1. The fraction of sp³-hybridized carbons (Fsp3) is 0.250. The fourth-order valence-corrected chi connectivity index (χ4v) is 2.43. The number of hydrogen-bond acceptors (Lipinski definition) is 3. The Bertz CT molecular complexity index is 504. The first-order valence-corrected chi connectivity index (χ1v) is 7.37. The van der Waals surface area contributed by atoms with Crippen LogP contribution < -0.4 is 5.32 Å². The third-order valence-electron chi connectivity index (χ3n) is 2.41. The first-order valence-electron chi connectivity index (χ1n) is 5.49. The molecule has 1 aromatic carbocycles. The number of nitrogens with one attached hydrogen (secondary N) is 1. The molecule has 0 aliphatic rings. The van der Waals surface area contributed by atoms with Crippen LogP contribution in [0.3, 0.4) is 0 Å². The van der Waals surface area contributed by atoms with Crippen molar-refractivity contribution in [3.8, 4) is 0 Å². The number of anilines is 1. The summed E-state index contributed by atoms with van der Waals surface area (Å²) in [6, 6.07) is 7.89. The third kappa shape index (κ3) is 3.96. The van der Waals surface area contributed by atoms with E-state index in [1.54, 1.807) is 10.9 Å². The third-order valence-corrected chi connectivity index (χ3v) is 3.78. The second-order valence-electron chi connectivity index (χ2n) is 3.89. The zero-order valence-corrected chi connectivity index (χ0v) is 13.3. The van der Waals surface area contributed by atoms with E-state index >= 15 is 0 Å². The van der Waals surface area contributed by atoms with Crippen LogP contribution >= 0.6 is 38.5 Å². The maximum absolute atomic E-state index is 9.90. The summed E-state index contributed by atoms with van der Waals surface area (Å²) in [5.74, 6) is 0. The average molecular weight is 422 g/mol. The molecule has 1 aromatic heterocycles. The average Bonchev–Trinajstić information content (AvgIpc) is 2.83. The Hall–Kier alpha value is -0.600. The highest BCUT2D eigenvalue weighted by Gasteiger charge is 2.07. The van der Waals surface area contributed by atoms with Crippen molar-refractivity contribution in [2.45, 2.75) is 12.6 Å². The molecule has 1 unspecified atom stereocenters. The highest BCUT2D eigenvalue weighted by molar-refractivity contribution is 14.1. The van der Waals surface area contributed by atoms with E-state index in [-0.39, 0.29) is 0 Å². The molecule has 0 aliphatic carbocycles. The highest BCUT2D eigenvalue weighted by Crippen LogP contribution is 2.24. The van der Waals surface area contributed by atoms with Crippen LogP contribution in [0.4, 0.5) is 5.69 Å². The summed E-state index contributed by atoms with van der Waals surface area (Å²) in [6.07, 6.45) is 3.07. The van der Waals surface area contributed by atoms with Gasteiger partial charge in [0.05, 0.1) is 12.6 Å². The van der Waals surface area contributed by atoms with Crippen LogP contribution in [-0.4, -0.2) is 27.5 Å². The van der Waals surface area contributed by atoms with E-state index in [4.69, 9.17) is 0 Å². The molecule has 0 aliphatic heterocycles. The molecule has 0 amide bonds. The molecule has 0 spiro atoms. The van der Waals surface area contributed by atoms with Crippen LogP contribution in [0.15, 0.2) is 41.1 Å². The van der Waals surface area contributed by atoms with Gasteiger partial charge in [-0.3, -0.25) is 4.68 Å². The second-order valence-corrected chi connectivity index (χ2v) is 5.99. The topological polar surface area (TPSA) is 50.1 Å². The quantitative estimate of drug-likeness (QED) is 0.730. The Morgan fingerprint density at radius 3 is 3.06 bits per heavy atom. The lowest BCUT2D eigenvalue weighted by molar-refractivity contribution is 0.161. The van der Waals surface area contributed by atoms with E-state index in [0.29, 0.717) is 13.1 Å². The van der Waals surface area contributed by atoms with Gasteiger partial charge in [-0.15, -0.1) is 0 Å². The molecule has 0 bridgehead atoms. The lowest BCUT2D eigenvalue weighted by Gasteiger charge is -2.14. The minimum absolute atomic E-state index is 0.477. The van der Waals surface area contributed by atoms with Crippen LogP contribution in [0, 0.1) is 3.57 Å². The highest BCUT2D eigenvalue weighted by atomic mass is 127. The molecule has 1 atom stereocenters. The molecule has 96 valence electrons. The van der Waals surface area contributed by atoms with E-state index < -0.39 is 6.10 Å². The van der Waals surface area contributed by atoms with Gasteiger partial charge in [0, 0.05) is 32.7 Å². The zero-order valence-electron chi connectivity index (χ0n) is 9.55. The predicted molar refractivity (Wildman–Crippen MR) is 83.6 cm³/mol. The van der Waals surface area contributed by atoms with Crippen molar-refractivity contribution in [3.63, 3.8) is 0 Å². The lowest BCUT2D eigenvalue weighted by atomic mass is 10.3. The van der Waals surface area contributed by atoms with Crippen molar-refractivity contribution < 1.29 is 5.11 Å². The number of aliphatic hydroxyl groups is 1. The van der Waals surface area contributed by atoms with E-state index in [0.717, 1.165) is 13.7 Å². The van der Waals surface area contributed by atoms with E-state index in [9.17, 15) is 5.11 Å². The van der Waals surface area contributed by atoms with Gasteiger partial charge in [0.2, 0.25) is 0 Å². The maximum atomic E-state index is 9.90. The molecule has 4 nitrogen and oxygen atoms in total. The molecular formula is C12H13BrIN3O. The molecular weight excluding hydrogens is 409 g/mol. The van der Waals surface area contributed by atoms with Gasteiger partial charge in [0.1, 0.15) is 0 Å². The van der Waals surface area contributed by atoms with Gasteiger partial charge in [-0.05, 0) is 62.8 Å². The second kappa shape index (κ2) is 6.53. The first kappa shape index (κ1) is 13.8. The molecule has 18 heavy (non-hydrogen) atoms. The van der Waals surface area contributed by atoms with E-state index in [1.807, 2.05) is 30.5 Å². The standard InChI is InChI=1S/C12H13BrIN3O/c13-11-3-2-9(14)6-12(11)15-7-10(18)8-17-5-1-4-16-17/h1-6,10,15,18H,7-8H2. The fourth-order valence-electron chi connectivity index (χ4n) is 1.55. The van der Waals surface area contributed by atoms with Crippen molar-refractivity contribution in [2.24, 2.45) is 0 Å². The Labute approximate surface area is 128 Å². The van der Waals surface area contributed by atoms with Crippen LogP contribution in [0.5, 0.6) is 0 Å². The van der Waals surface area contributed by atoms with Gasteiger partial charge in [-0.1, -0.05) is 0 Å². The van der Waals surface area contributed by atoms with E-state index in [2.05, 4.69) is 48.9 Å². The smallest absolute Gasteiger partial charge is 0.0907 e. The number of aromatic nitrogens is 2. The van der Waals surface area contributed by atoms with E-state index in [1.165, 1.54) is 0 Å². The summed E-state index contributed by atoms with van der Waals surface area (Å²) < 4.78 is 3.87. The minimum atomic E-state index is -0.477. The Morgan fingerprint density at radius 2 is 2.33 bits per heavy atom. The molecule has 6 heteroatoms. The molecule has 0 radical (unpaired) electrons. The summed E-state index contributed by atoms with van der Waals surface area (Å²) in [5.41, 5.74) is 0.987. The molecule has 2 aromatic rings. The summed E-state index contributed by atoms with van der Waals surface area (Å²) in [5, 5.41) is 17.2. The number of rotatable bonds is 5. The number of aliphatic hydroxyl groups excluding tert-OH is 1. The number of hydrogen-bond donors (Lipinski definition) is 2. The molecule has 2 rings (SSSR count). The zero-order chi connectivity index (χ0) is 13.0. The van der Waals surface area contributed by atoms with Crippen molar-refractivity contribution >= 4 is 44.2 Å². The normalized spacial score (nSPS) is 12.4. The van der Waals surface area contributed by atoms with Gasteiger partial charge in [0.15, 0.2) is 0 Å². The molecule has 0 saturated carbocycles. The minimum Gasteiger partial charge on any atom is -0.389 e. The summed E-state index contributed by atoms with van der Waals surface area (Å²) >= 11 is 5.74. The summed E-state index contributed by atoms with van der Waals surface area (Å²) in [7, 11) is 0. The molecule has 0 fully saturated rings. The van der Waals surface area contributed by atoms with Crippen molar-refractivity contribution in [3.05, 3.63) is 44.7 Å². The van der Waals surface area contributed by atoms with Crippen molar-refractivity contribution in [1.82, 2.24) is 9.78 Å². The summed E-state index contributed by atoms with van der Waals surface area (Å²) in [6.45, 7) is 0.972. The van der Waals surface area contributed by atoms with Crippen molar-refractivity contribution in [2.75, 3.05) is 11.9 Å². The Balaban J connectivity index is 1.89. The van der Waals surface area contributed by atoms with Gasteiger partial charge in [-0.25, -0.2) is 0 Å². The van der Waals surface area contributed by atoms with Crippen molar-refractivity contribution in [1.29, 1.82) is 0 Å². The largest absolute Gasteiger partial charge is 0.389 e. The summed E-state index contributed by atoms with van der Waals surface area (Å²) in [4.78, 5) is 0. The molecule has 1 heterocycles. The van der Waals surface area contributed by atoms with Crippen LogP contribution in [0.25, 0.3) is 0 Å². The van der Waals surface area contributed by atoms with Gasteiger partial charge in [0.25, 0.3) is 0 Å². The van der Waals surface area contributed by atoms with Crippen LogP contribution in [0.2, 0.25) is 0 Å². The monoisotopic (exact) mass is 421 g/mol. The van der Waals surface area contributed by atoms with Gasteiger partial charge < -0.3 is 10.4 Å². The number of nitrogens with zero attached hydrogens (tertiary/aromatic N) is 2.